The quantitative estimate of drug-likeness (QED) is 0.157. The summed E-state index contributed by atoms with van der Waals surface area (Å²) >= 11 is 3.52. The maximum Gasteiger partial charge on any atom is 0.373 e. The van der Waals surface area contributed by atoms with E-state index in [0.29, 0.717) is 37.4 Å². The summed E-state index contributed by atoms with van der Waals surface area (Å²) in [4.78, 5) is 29.1. The van der Waals surface area contributed by atoms with Gasteiger partial charge in [0.1, 0.15) is 11.8 Å². The molecular formula is C30H25BrN6O3. The molecule has 10 heteroatoms. The number of halogens is 1. The van der Waals surface area contributed by atoms with Crippen molar-refractivity contribution in [2.24, 2.45) is 0 Å². The lowest BCUT2D eigenvalue weighted by Crippen LogP contribution is -2.48. The molecule has 0 aliphatic carbocycles. The summed E-state index contributed by atoms with van der Waals surface area (Å²) in [6, 6.07) is 28.2. The molecule has 6 rings (SSSR count). The van der Waals surface area contributed by atoms with Gasteiger partial charge in [-0.1, -0.05) is 82.7 Å². The third-order valence-corrected chi connectivity index (χ3v) is 7.74. The predicted molar refractivity (Wildman–Crippen MR) is 157 cm³/mol. The molecule has 1 aliphatic heterocycles. The first-order valence-corrected chi connectivity index (χ1v) is 13.7. The van der Waals surface area contributed by atoms with Gasteiger partial charge in [0.2, 0.25) is 5.82 Å². The third kappa shape index (κ3) is 5.11. The Labute approximate surface area is 239 Å². The highest BCUT2D eigenvalue weighted by Gasteiger charge is 2.33. The van der Waals surface area contributed by atoms with Crippen LogP contribution in [0.3, 0.4) is 0 Å². The zero-order valence-corrected chi connectivity index (χ0v) is 23.0. The maximum atomic E-state index is 12.3. The molecule has 200 valence electrons. The van der Waals surface area contributed by atoms with Crippen molar-refractivity contribution in [2.75, 3.05) is 31.1 Å². The van der Waals surface area contributed by atoms with Gasteiger partial charge < -0.3 is 9.64 Å². The average Bonchev–Trinajstić information content (AvgIpc) is 3.00. The van der Waals surface area contributed by atoms with Gasteiger partial charge in [0.25, 0.3) is 0 Å². The average molecular weight is 597 g/mol. The number of piperazine rings is 1. The highest BCUT2D eigenvalue weighted by atomic mass is 79.9. The number of hydrogen-bond acceptors (Lipinski definition) is 8. The van der Waals surface area contributed by atoms with Gasteiger partial charge >= 0.3 is 11.6 Å². The molecule has 2 aromatic heterocycles. The number of hydrogen-bond donors (Lipinski definition) is 0. The molecule has 0 bridgehead atoms. The van der Waals surface area contributed by atoms with Gasteiger partial charge in [-0.2, -0.15) is 4.98 Å². The van der Waals surface area contributed by atoms with Gasteiger partial charge in [0.05, 0.1) is 11.0 Å². The van der Waals surface area contributed by atoms with E-state index in [1.807, 2.05) is 35.2 Å². The van der Waals surface area contributed by atoms with Crippen molar-refractivity contribution in [2.45, 2.75) is 6.04 Å². The predicted octanol–water partition coefficient (Wildman–Crippen LogP) is 6.40. The zero-order valence-electron chi connectivity index (χ0n) is 21.4. The number of benzene rings is 3. The first-order chi connectivity index (χ1) is 19.6. The molecule has 5 aromatic rings. The lowest BCUT2D eigenvalue weighted by Gasteiger charge is -2.40. The van der Waals surface area contributed by atoms with E-state index in [4.69, 9.17) is 4.74 Å². The summed E-state index contributed by atoms with van der Waals surface area (Å²) in [5.74, 6) is 0.517. The van der Waals surface area contributed by atoms with Crippen molar-refractivity contribution >= 4 is 38.3 Å². The number of anilines is 1. The Kier molecular flexibility index (Phi) is 7.35. The number of rotatable bonds is 7. The normalized spacial score (nSPS) is 14.0. The number of aromatic nitrogens is 3. The molecule has 0 unspecified atom stereocenters. The number of nitro groups is 1. The lowest BCUT2D eigenvalue weighted by molar-refractivity contribution is -0.385. The van der Waals surface area contributed by atoms with Crippen molar-refractivity contribution in [3.8, 4) is 11.6 Å². The Hall–Kier alpha value is -4.41. The van der Waals surface area contributed by atoms with E-state index < -0.39 is 4.92 Å². The van der Waals surface area contributed by atoms with E-state index >= 15 is 0 Å². The van der Waals surface area contributed by atoms with Crippen LogP contribution in [0.5, 0.6) is 11.6 Å². The van der Waals surface area contributed by atoms with Crippen LogP contribution in [0.1, 0.15) is 17.2 Å². The molecule has 0 spiro atoms. The van der Waals surface area contributed by atoms with Crippen molar-refractivity contribution in [1.82, 2.24) is 19.9 Å². The van der Waals surface area contributed by atoms with E-state index in [-0.39, 0.29) is 23.4 Å². The van der Waals surface area contributed by atoms with Crippen LogP contribution in [-0.2, 0) is 0 Å². The number of ether oxygens (including phenoxy) is 1. The summed E-state index contributed by atoms with van der Waals surface area (Å²) in [6.07, 6.45) is 2.97. The van der Waals surface area contributed by atoms with Gasteiger partial charge in [-0.3, -0.25) is 20.0 Å². The first-order valence-electron chi connectivity index (χ1n) is 12.9. The van der Waals surface area contributed by atoms with Crippen LogP contribution in [0.15, 0.2) is 102 Å². The van der Waals surface area contributed by atoms with Gasteiger partial charge in [0, 0.05) is 42.2 Å². The third-order valence-electron chi connectivity index (χ3n) is 7.05. The van der Waals surface area contributed by atoms with Gasteiger partial charge in [-0.25, -0.2) is 4.98 Å². The first kappa shape index (κ1) is 25.8. The van der Waals surface area contributed by atoms with Crippen molar-refractivity contribution in [1.29, 1.82) is 0 Å². The minimum Gasteiger partial charge on any atom is -0.431 e. The van der Waals surface area contributed by atoms with E-state index in [0.717, 1.165) is 9.86 Å². The molecular weight excluding hydrogens is 572 g/mol. The maximum absolute atomic E-state index is 12.3. The molecule has 1 aliphatic rings. The van der Waals surface area contributed by atoms with Crippen molar-refractivity contribution in [3.63, 3.8) is 0 Å². The molecule has 0 N–H and O–H groups in total. The number of fused-ring (bicyclic) bond motifs is 1. The van der Waals surface area contributed by atoms with Gasteiger partial charge in [0.15, 0.2) is 5.75 Å². The second-order valence-electron chi connectivity index (χ2n) is 9.40. The Bertz CT molecular complexity index is 1610. The molecule has 0 radical (unpaired) electrons. The molecule has 40 heavy (non-hydrogen) atoms. The second-order valence-corrected chi connectivity index (χ2v) is 10.3. The molecule has 0 amide bonds. The summed E-state index contributed by atoms with van der Waals surface area (Å²) < 4.78 is 6.88. The van der Waals surface area contributed by atoms with Crippen LogP contribution in [0.4, 0.5) is 11.5 Å². The van der Waals surface area contributed by atoms with Crippen LogP contribution in [0.2, 0.25) is 0 Å². The second kappa shape index (κ2) is 11.4. The molecule has 3 heterocycles. The summed E-state index contributed by atoms with van der Waals surface area (Å²) in [5.41, 5.74) is 2.74. The van der Waals surface area contributed by atoms with Crippen LogP contribution >= 0.6 is 15.9 Å². The molecule has 1 fully saturated rings. The van der Waals surface area contributed by atoms with Crippen LogP contribution in [-0.4, -0.2) is 51.0 Å². The van der Waals surface area contributed by atoms with Crippen molar-refractivity contribution < 1.29 is 9.66 Å². The Morgan fingerprint density at radius 1 is 0.825 bits per heavy atom. The Morgan fingerprint density at radius 2 is 1.50 bits per heavy atom. The summed E-state index contributed by atoms with van der Waals surface area (Å²) in [7, 11) is 0. The standard InChI is InChI=1S/C30H25BrN6O3/c31-24-13-14-25(26-23(24)12-7-15-32-26)40-30-28(37(38)39)29(33-20-34-30)36-18-16-35(17-19-36)27(21-8-3-1-4-9-21)22-10-5-2-6-11-22/h1-15,20,27H,16-19H2. The molecule has 1 saturated heterocycles. The largest absolute Gasteiger partial charge is 0.431 e. The minimum absolute atomic E-state index is 0.0852. The Balaban J connectivity index is 1.28. The monoisotopic (exact) mass is 596 g/mol. The topological polar surface area (TPSA) is 97.5 Å². The van der Waals surface area contributed by atoms with Gasteiger partial charge in [-0.05, 0) is 29.3 Å². The SMILES string of the molecule is O=[N+]([O-])c1c(Oc2ccc(Br)c3cccnc23)ncnc1N1CCN(C(c2ccccc2)c2ccccc2)CC1. The molecule has 3 aromatic carbocycles. The van der Waals surface area contributed by atoms with E-state index in [1.54, 1.807) is 12.3 Å². The highest BCUT2D eigenvalue weighted by molar-refractivity contribution is 9.10. The smallest absolute Gasteiger partial charge is 0.373 e. The van der Waals surface area contributed by atoms with Crippen LogP contribution in [0.25, 0.3) is 10.9 Å². The fourth-order valence-corrected chi connectivity index (χ4v) is 5.65. The molecule has 9 nitrogen and oxygen atoms in total. The van der Waals surface area contributed by atoms with E-state index in [2.05, 4.69) is 84.3 Å². The highest BCUT2D eigenvalue weighted by Crippen LogP contribution is 2.39. The lowest BCUT2D eigenvalue weighted by atomic mass is 9.96. The summed E-state index contributed by atoms with van der Waals surface area (Å²) in [6.45, 7) is 2.53. The minimum atomic E-state index is -0.470. The van der Waals surface area contributed by atoms with Crippen LogP contribution in [0, 0.1) is 10.1 Å². The van der Waals surface area contributed by atoms with Crippen LogP contribution < -0.4 is 9.64 Å². The van der Waals surface area contributed by atoms with E-state index in [9.17, 15) is 10.1 Å². The van der Waals surface area contributed by atoms with Gasteiger partial charge in [-0.15, -0.1) is 0 Å². The fraction of sp³-hybridized carbons (Fsp3) is 0.167. The Morgan fingerprint density at radius 3 is 2.15 bits per heavy atom. The zero-order chi connectivity index (χ0) is 27.5. The summed E-state index contributed by atoms with van der Waals surface area (Å²) in [5, 5.41) is 13.2. The van der Waals surface area contributed by atoms with Crippen molar-refractivity contribution in [3.05, 3.63) is 123 Å². The fourth-order valence-electron chi connectivity index (χ4n) is 5.19. The number of nitrogens with zero attached hydrogens (tertiary/aromatic N) is 6. The molecule has 0 atom stereocenters. The number of pyridine rings is 1. The molecule has 0 saturated carbocycles. The van der Waals surface area contributed by atoms with E-state index in [1.165, 1.54) is 17.5 Å².